The van der Waals surface area contributed by atoms with Crippen molar-refractivity contribution in [3.05, 3.63) is 0 Å². The van der Waals surface area contributed by atoms with Crippen LogP contribution in [0.1, 0.15) is 45.4 Å². The minimum Gasteiger partial charge on any atom is -0.293 e. The van der Waals surface area contributed by atoms with Crippen molar-refractivity contribution in [3.8, 4) is 0 Å². The molecule has 1 saturated heterocycles. The monoisotopic (exact) mass is 169 g/mol. The summed E-state index contributed by atoms with van der Waals surface area (Å²) in [5, 5.41) is 2.17. The molecule has 1 heterocycles. The van der Waals surface area contributed by atoms with Crippen LogP contribution < -0.4 is 0 Å². The Bertz CT molecular complexity index is 146. The maximum absolute atomic E-state index is 5.99. The molecular weight excluding hydrogens is 150 g/mol. The van der Waals surface area contributed by atoms with E-state index >= 15 is 0 Å². The van der Waals surface area contributed by atoms with E-state index in [1.165, 1.54) is 38.5 Å². The summed E-state index contributed by atoms with van der Waals surface area (Å²) >= 11 is 0. The molecule has 12 heavy (non-hydrogen) atoms. The van der Waals surface area contributed by atoms with Crippen molar-refractivity contribution in [2.75, 3.05) is 13.1 Å². The molecule has 0 bridgehead atoms. The van der Waals surface area contributed by atoms with Crippen LogP contribution in [0.25, 0.3) is 0 Å². The third-order valence-electron chi connectivity index (χ3n) is 3.08. The van der Waals surface area contributed by atoms with Crippen LogP contribution in [-0.2, 0) is 4.84 Å². The van der Waals surface area contributed by atoms with Gasteiger partial charge in [-0.1, -0.05) is 12.8 Å². The molecule has 2 aliphatic rings. The van der Waals surface area contributed by atoms with Crippen LogP contribution in [0.5, 0.6) is 0 Å². The minimum absolute atomic E-state index is 0.185. The van der Waals surface area contributed by atoms with Gasteiger partial charge in [-0.3, -0.25) is 4.84 Å². The minimum atomic E-state index is 0.185. The Hall–Kier alpha value is -0.0800. The van der Waals surface area contributed by atoms with Gasteiger partial charge in [-0.15, -0.1) is 0 Å². The predicted octanol–water partition coefficient (Wildman–Crippen LogP) is 2.35. The van der Waals surface area contributed by atoms with Crippen molar-refractivity contribution in [2.24, 2.45) is 0 Å². The molecule has 2 heteroatoms. The summed E-state index contributed by atoms with van der Waals surface area (Å²) in [5.74, 6) is 0. The summed E-state index contributed by atoms with van der Waals surface area (Å²) in [6.45, 7) is 4.56. The molecule has 2 nitrogen and oxygen atoms in total. The Morgan fingerprint density at radius 2 is 1.58 bits per heavy atom. The lowest BCUT2D eigenvalue weighted by Gasteiger charge is -2.29. The molecule has 2 fully saturated rings. The zero-order valence-electron chi connectivity index (χ0n) is 8.01. The number of hydrogen-bond acceptors (Lipinski definition) is 2. The number of nitrogens with zero attached hydrogens (tertiary/aromatic N) is 1. The summed E-state index contributed by atoms with van der Waals surface area (Å²) in [6, 6.07) is 0. The summed E-state index contributed by atoms with van der Waals surface area (Å²) in [7, 11) is 0. The van der Waals surface area contributed by atoms with Gasteiger partial charge in [0.05, 0.1) is 5.60 Å². The zero-order chi connectivity index (χ0) is 8.44. The Balaban J connectivity index is 1.83. The van der Waals surface area contributed by atoms with Gasteiger partial charge in [-0.05, 0) is 32.6 Å². The van der Waals surface area contributed by atoms with Crippen molar-refractivity contribution in [1.82, 2.24) is 5.06 Å². The fourth-order valence-corrected chi connectivity index (χ4v) is 2.31. The van der Waals surface area contributed by atoms with Gasteiger partial charge in [0.2, 0.25) is 0 Å². The van der Waals surface area contributed by atoms with Gasteiger partial charge in [0.15, 0.2) is 0 Å². The van der Waals surface area contributed by atoms with Gasteiger partial charge in [0.25, 0.3) is 0 Å². The van der Waals surface area contributed by atoms with Gasteiger partial charge in [0.1, 0.15) is 0 Å². The Labute approximate surface area is 74.8 Å². The third-order valence-corrected chi connectivity index (χ3v) is 3.08. The fourth-order valence-electron chi connectivity index (χ4n) is 2.31. The fraction of sp³-hybridized carbons (Fsp3) is 1.00. The summed E-state index contributed by atoms with van der Waals surface area (Å²) in [4.78, 5) is 5.99. The molecule has 0 amide bonds. The van der Waals surface area contributed by atoms with Crippen LogP contribution in [0, 0.1) is 0 Å². The average Bonchev–Trinajstić information content (AvgIpc) is 2.62. The molecule has 1 aliphatic heterocycles. The second-order valence-electron chi connectivity index (χ2n) is 4.38. The Kier molecular flexibility index (Phi) is 2.37. The second-order valence-corrected chi connectivity index (χ2v) is 4.38. The normalized spacial score (nSPS) is 29.8. The van der Waals surface area contributed by atoms with E-state index in [0.717, 1.165) is 13.1 Å². The highest BCUT2D eigenvalue weighted by Crippen LogP contribution is 2.33. The van der Waals surface area contributed by atoms with Crippen molar-refractivity contribution in [1.29, 1.82) is 0 Å². The molecule has 1 saturated carbocycles. The summed E-state index contributed by atoms with van der Waals surface area (Å²) < 4.78 is 0. The van der Waals surface area contributed by atoms with Crippen LogP contribution >= 0.6 is 0 Å². The van der Waals surface area contributed by atoms with Crippen molar-refractivity contribution in [2.45, 2.75) is 51.0 Å². The molecule has 0 spiro atoms. The molecular formula is C10H19NO. The molecule has 0 N–H and O–H groups in total. The Morgan fingerprint density at radius 3 is 2.17 bits per heavy atom. The molecule has 2 rings (SSSR count). The summed E-state index contributed by atoms with van der Waals surface area (Å²) in [6.07, 6.45) is 7.84. The number of hydrogen-bond donors (Lipinski definition) is 0. The van der Waals surface area contributed by atoms with Crippen molar-refractivity contribution >= 4 is 0 Å². The van der Waals surface area contributed by atoms with E-state index in [2.05, 4.69) is 12.0 Å². The first-order valence-corrected chi connectivity index (χ1v) is 5.23. The average molecular weight is 169 g/mol. The first kappa shape index (κ1) is 8.52. The van der Waals surface area contributed by atoms with Gasteiger partial charge in [-0.25, -0.2) is 0 Å². The van der Waals surface area contributed by atoms with Crippen LogP contribution in [0.2, 0.25) is 0 Å². The van der Waals surface area contributed by atoms with Gasteiger partial charge < -0.3 is 0 Å². The number of hydroxylamine groups is 2. The molecule has 0 aromatic carbocycles. The quantitative estimate of drug-likeness (QED) is 0.629. The van der Waals surface area contributed by atoms with Crippen LogP contribution in [0.15, 0.2) is 0 Å². The maximum Gasteiger partial charge on any atom is 0.0871 e. The Morgan fingerprint density at radius 1 is 1.00 bits per heavy atom. The van der Waals surface area contributed by atoms with E-state index < -0.39 is 0 Å². The maximum atomic E-state index is 5.99. The topological polar surface area (TPSA) is 12.5 Å². The van der Waals surface area contributed by atoms with E-state index in [0.29, 0.717) is 0 Å². The third kappa shape index (κ3) is 1.80. The van der Waals surface area contributed by atoms with Gasteiger partial charge in [0, 0.05) is 13.1 Å². The standard InChI is InChI=1S/C10H19NO/c1-10(6-2-3-7-10)12-11-8-4-5-9-11/h2-9H2,1H3. The van der Waals surface area contributed by atoms with Crippen LogP contribution in [-0.4, -0.2) is 23.8 Å². The molecule has 0 aromatic heterocycles. The van der Waals surface area contributed by atoms with Crippen LogP contribution in [0.4, 0.5) is 0 Å². The highest BCUT2D eigenvalue weighted by atomic mass is 16.7. The van der Waals surface area contributed by atoms with E-state index in [1.807, 2.05) is 0 Å². The zero-order valence-corrected chi connectivity index (χ0v) is 8.01. The van der Waals surface area contributed by atoms with Gasteiger partial charge in [-0.2, -0.15) is 5.06 Å². The summed E-state index contributed by atoms with van der Waals surface area (Å²) in [5.41, 5.74) is 0.185. The number of rotatable bonds is 2. The van der Waals surface area contributed by atoms with E-state index in [4.69, 9.17) is 4.84 Å². The first-order valence-electron chi connectivity index (χ1n) is 5.23. The SMILES string of the molecule is CC1(ON2CCCC2)CCCC1. The van der Waals surface area contributed by atoms with E-state index in [9.17, 15) is 0 Å². The first-order chi connectivity index (χ1) is 5.79. The van der Waals surface area contributed by atoms with Crippen LogP contribution in [0.3, 0.4) is 0 Å². The molecule has 0 aromatic rings. The highest BCUT2D eigenvalue weighted by Gasteiger charge is 2.32. The molecule has 0 radical (unpaired) electrons. The predicted molar refractivity (Wildman–Crippen MR) is 48.8 cm³/mol. The lowest BCUT2D eigenvalue weighted by Crippen LogP contribution is -2.34. The lowest BCUT2D eigenvalue weighted by atomic mass is 10.1. The highest BCUT2D eigenvalue weighted by molar-refractivity contribution is 4.81. The van der Waals surface area contributed by atoms with Gasteiger partial charge >= 0.3 is 0 Å². The van der Waals surface area contributed by atoms with E-state index in [-0.39, 0.29) is 5.60 Å². The van der Waals surface area contributed by atoms with Crippen molar-refractivity contribution < 1.29 is 4.84 Å². The lowest BCUT2D eigenvalue weighted by molar-refractivity contribution is -0.227. The van der Waals surface area contributed by atoms with Crippen molar-refractivity contribution in [3.63, 3.8) is 0 Å². The molecule has 0 atom stereocenters. The smallest absolute Gasteiger partial charge is 0.0871 e. The largest absolute Gasteiger partial charge is 0.293 e. The van der Waals surface area contributed by atoms with E-state index in [1.54, 1.807) is 0 Å². The second kappa shape index (κ2) is 3.35. The molecule has 1 aliphatic carbocycles. The molecule has 70 valence electrons. The molecule has 0 unspecified atom stereocenters.